The Balaban J connectivity index is 2.71. The Labute approximate surface area is 68.5 Å². The Morgan fingerprint density at radius 3 is 2.82 bits per heavy atom. The molecule has 2 unspecified atom stereocenters. The van der Waals surface area contributed by atoms with Crippen molar-refractivity contribution in [2.24, 2.45) is 11.3 Å². The lowest BCUT2D eigenvalue weighted by molar-refractivity contribution is -0.110. The maximum Gasteiger partial charge on any atom is 0.120 e. The number of hydrogen-bond donors (Lipinski definition) is 0. The third kappa shape index (κ3) is 1.37. The predicted octanol–water partition coefficient (Wildman–Crippen LogP) is 2.57. The third-order valence-electron chi connectivity index (χ3n) is 3.22. The van der Waals surface area contributed by atoms with Crippen molar-refractivity contribution in [3.8, 4) is 0 Å². The van der Waals surface area contributed by atoms with Gasteiger partial charge in [-0.15, -0.1) is 0 Å². The third-order valence-corrected chi connectivity index (χ3v) is 3.22. The molecule has 1 saturated carbocycles. The molecule has 0 aromatic carbocycles. The van der Waals surface area contributed by atoms with Crippen molar-refractivity contribution in [2.75, 3.05) is 0 Å². The van der Waals surface area contributed by atoms with Crippen LogP contribution in [0.15, 0.2) is 12.2 Å². The fourth-order valence-corrected chi connectivity index (χ4v) is 1.84. The van der Waals surface area contributed by atoms with Gasteiger partial charge < -0.3 is 4.79 Å². The molecular formula is C10H16O. The maximum absolute atomic E-state index is 10.4. The fraction of sp³-hybridized carbons (Fsp3) is 0.700. The monoisotopic (exact) mass is 152 g/mol. The van der Waals surface area contributed by atoms with E-state index in [-0.39, 0.29) is 5.41 Å². The summed E-state index contributed by atoms with van der Waals surface area (Å²) in [6.07, 6.45) is 3.96. The Bertz CT molecular complexity index is 183. The molecule has 0 aromatic heterocycles. The van der Waals surface area contributed by atoms with Gasteiger partial charge in [-0.05, 0) is 24.2 Å². The van der Waals surface area contributed by atoms with E-state index in [2.05, 4.69) is 20.4 Å². The van der Waals surface area contributed by atoms with Gasteiger partial charge in [-0.2, -0.15) is 0 Å². The van der Waals surface area contributed by atoms with Crippen LogP contribution in [-0.2, 0) is 4.79 Å². The number of hydrogen-bond acceptors (Lipinski definition) is 1. The average molecular weight is 152 g/mol. The van der Waals surface area contributed by atoms with Crippen LogP contribution < -0.4 is 0 Å². The van der Waals surface area contributed by atoms with Crippen molar-refractivity contribution in [3.63, 3.8) is 0 Å². The first-order valence-electron chi connectivity index (χ1n) is 4.21. The molecule has 1 fully saturated rings. The second-order valence-electron chi connectivity index (χ2n) is 3.90. The van der Waals surface area contributed by atoms with E-state index in [1.165, 1.54) is 5.57 Å². The second-order valence-corrected chi connectivity index (χ2v) is 3.90. The average Bonchev–Trinajstić information content (AvgIpc) is 2.19. The quantitative estimate of drug-likeness (QED) is 0.439. The molecule has 0 radical (unpaired) electrons. The van der Waals surface area contributed by atoms with E-state index >= 15 is 0 Å². The smallest absolute Gasteiger partial charge is 0.120 e. The molecule has 0 amide bonds. The molecule has 0 spiro atoms. The Hall–Kier alpha value is -0.590. The summed E-state index contributed by atoms with van der Waals surface area (Å²) in [6.45, 7) is 8.36. The highest BCUT2D eigenvalue weighted by Crippen LogP contribution is 2.47. The number of allylic oxidation sites excluding steroid dienone is 1. The minimum Gasteiger partial charge on any atom is -0.303 e. The van der Waals surface area contributed by atoms with Crippen LogP contribution in [-0.4, -0.2) is 6.29 Å². The van der Waals surface area contributed by atoms with E-state index in [9.17, 15) is 4.79 Å². The lowest BCUT2D eigenvalue weighted by Gasteiger charge is -2.26. The van der Waals surface area contributed by atoms with Gasteiger partial charge in [0.25, 0.3) is 0 Å². The van der Waals surface area contributed by atoms with Gasteiger partial charge >= 0.3 is 0 Å². The molecule has 1 rings (SSSR count). The van der Waals surface area contributed by atoms with Crippen molar-refractivity contribution >= 4 is 6.29 Å². The molecule has 1 nitrogen and oxygen atoms in total. The first-order valence-corrected chi connectivity index (χ1v) is 4.21. The van der Waals surface area contributed by atoms with E-state index in [1.807, 2.05) is 0 Å². The van der Waals surface area contributed by atoms with Crippen LogP contribution in [0.3, 0.4) is 0 Å². The van der Waals surface area contributed by atoms with Gasteiger partial charge in [0.1, 0.15) is 6.29 Å². The van der Waals surface area contributed by atoms with Crippen LogP contribution in [0.5, 0.6) is 0 Å². The highest BCUT2D eigenvalue weighted by atomic mass is 16.1. The van der Waals surface area contributed by atoms with Gasteiger partial charge in [0.15, 0.2) is 0 Å². The topological polar surface area (TPSA) is 17.1 Å². The van der Waals surface area contributed by atoms with Gasteiger partial charge in [0.2, 0.25) is 0 Å². The molecule has 0 aromatic rings. The summed E-state index contributed by atoms with van der Waals surface area (Å²) in [5.74, 6) is 0.521. The van der Waals surface area contributed by atoms with Gasteiger partial charge in [-0.25, -0.2) is 0 Å². The molecule has 0 N–H and O–H groups in total. The molecule has 1 aliphatic rings. The molecule has 1 heteroatoms. The molecule has 11 heavy (non-hydrogen) atoms. The zero-order valence-corrected chi connectivity index (χ0v) is 7.39. The Morgan fingerprint density at radius 2 is 2.45 bits per heavy atom. The van der Waals surface area contributed by atoms with Crippen LogP contribution in [0.2, 0.25) is 0 Å². The molecule has 1 aliphatic carbocycles. The minimum absolute atomic E-state index is 0.207. The highest BCUT2D eigenvalue weighted by molar-refractivity contribution is 5.51. The summed E-state index contributed by atoms with van der Waals surface area (Å²) in [6, 6.07) is 0. The van der Waals surface area contributed by atoms with Crippen molar-refractivity contribution < 1.29 is 4.79 Å². The summed E-state index contributed by atoms with van der Waals surface area (Å²) in [5, 5.41) is 0. The highest BCUT2D eigenvalue weighted by Gasteiger charge is 2.37. The lowest BCUT2D eigenvalue weighted by Crippen LogP contribution is -2.20. The van der Waals surface area contributed by atoms with Gasteiger partial charge in [-0.1, -0.05) is 26.0 Å². The number of rotatable bonds is 2. The Morgan fingerprint density at radius 1 is 1.82 bits per heavy atom. The van der Waals surface area contributed by atoms with Gasteiger partial charge in [0, 0.05) is 6.42 Å². The van der Waals surface area contributed by atoms with Crippen LogP contribution in [0, 0.1) is 11.3 Å². The summed E-state index contributed by atoms with van der Waals surface area (Å²) in [7, 11) is 0. The molecular weight excluding hydrogens is 136 g/mol. The van der Waals surface area contributed by atoms with Gasteiger partial charge in [-0.3, -0.25) is 0 Å². The molecule has 62 valence electrons. The largest absolute Gasteiger partial charge is 0.303 e. The first-order chi connectivity index (χ1) is 5.10. The van der Waals surface area contributed by atoms with Crippen molar-refractivity contribution in [1.82, 2.24) is 0 Å². The summed E-state index contributed by atoms with van der Waals surface area (Å²) >= 11 is 0. The summed E-state index contributed by atoms with van der Waals surface area (Å²) in [4.78, 5) is 10.4. The van der Waals surface area contributed by atoms with E-state index in [0.717, 1.165) is 19.1 Å². The normalized spacial score (nSPS) is 37.6. The van der Waals surface area contributed by atoms with Gasteiger partial charge in [0.05, 0.1) is 0 Å². The maximum atomic E-state index is 10.4. The van der Waals surface area contributed by atoms with Crippen molar-refractivity contribution in [1.29, 1.82) is 0 Å². The molecule has 0 saturated heterocycles. The molecule has 0 bridgehead atoms. The molecule has 0 heterocycles. The lowest BCUT2D eigenvalue weighted by atomic mass is 9.78. The number of aldehydes is 1. The fourth-order valence-electron chi connectivity index (χ4n) is 1.84. The first kappa shape index (κ1) is 8.51. The summed E-state index contributed by atoms with van der Waals surface area (Å²) < 4.78 is 0. The van der Waals surface area contributed by atoms with E-state index in [4.69, 9.17) is 0 Å². The minimum atomic E-state index is 0.207. The number of carbonyl (C=O) groups is 1. The van der Waals surface area contributed by atoms with E-state index in [0.29, 0.717) is 12.3 Å². The zero-order valence-electron chi connectivity index (χ0n) is 7.39. The van der Waals surface area contributed by atoms with Crippen LogP contribution in [0.4, 0.5) is 0 Å². The SMILES string of the molecule is C=C1CCC(C)(CC=O)C1C. The number of carbonyl (C=O) groups excluding carboxylic acids is 1. The van der Waals surface area contributed by atoms with Crippen molar-refractivity contribution in [3.05, 3.63) is 12.2 Å². The zero-order chi connectivity index (χ0) is 8.48. The van der Waals surface area contributed by atoms with Crippen LogP contribution in [0.25, 0.3) is 0 Å². The van der Waals surface area contributed by atoms with Crippen LogP contribution >= 0.6 is 0 Å². The van der Waals surface area contributed by atoms with Crippen LogP contribution in [0.1, 0.15) is 33.1 Å². The standard InChI is InChI=1S/C10H16O/c1-8-4-5-10(3,6-7-11)9(8)2/h7,9H,1,4-6H2,2-3H3. The Kier molecular flexibility index (Phi) is 2.17. The van der Waals surface area contributed by atoms with E-state index < -0.39 is 0 Å². The predicted molar refractivity (Wildman–Crippen MR) is 46.3 cm³/mol. The molecule has 0 aliphatic heterocycles. The molecule has 2 atom stereocenters. The van der Waals surface area contributed by atoms with Crippen molar-refractivity contribution in [2.45, 2.75) is 33.1 Å². The van der Waals surface area contributed by atoms with E-state index in [1.54, 1.807) is 0 Å². The second kappa shape index (κ2) is 2.80. The summed E-state index contributed by atoms with van der Waals surface area (Å²) in [5.41, 5.74) is 1.52.